The molecule has 0 spiro atoms. The van der Waals surface area contributed by atoms with Gasteiger partial charge in [-0.15, -0.1) is 0 Å². The summed E-state index contributed by atoms with van der Waals surface area (Å²) in [5, 5.41) is 9.17. The molecular weight excluding hydrogens is 238 g/mol. The lowest BCUT2D eigenvalue weighted by Crippen LogP contribution is -2.29. The number of hydrogen-bond donors (Lipinski definition) is 1. The fourth-order valence-electron chi connectivity index (χ4n) is 2.90. The van der Waals surface area contributed by atoms with Crippen LogP contribution in [0.4, 0.5) is 0 Å². The molecule has 0 aromatic heterocycles. The Kier molecular flexibility index (Phi) is 4.59. The number of carboxylic acid groups (broad SMARTS) is 1. The quantitative estimate of drug-likeness (QED) is 0.905. The van der Waals surface area contributed by atoms with Gasteiger partial charge in [-0.25, -0.2) is 0 Å². The van der Waals surface area contributed by atoms with Crippen molar-refractivity contribution >= 4 is 5.97 Å². The summed E-state index contributed by atoms with van der Waals surface area (Å²) in [7, 11) is 2.16. The van der Waals surface area contributed by atoms with Gasteiger partial charge in [0.05, 0.1) is 5.92 Å². The van der Waals surface area contributed by atoms with Crippen LogP contribution < -0.4 is 0 Å². The van der Waals surface area contributed by atoms with Crippen LogP contribution in [-0.2, 0) is 4.79 Å². The van der Waals surface area contributed by atoms with Crippen molar-refractivity contribution in [2.75, 3.05) is 20.1 Å². The number of likely N-dealkylation sites (tertiary alicyclic amines) is 1. The molecule has 0 radical (unpaired) electrons. The fraction of sp³-hybridized carbons (Fsp3) is 0.562. The van der Waals surface area contributed by atoms with E-state index in [1.807, 2.05) is 19.1 Å². The van der Waals surface area contributed by atoms with Crippen LogP contribution in [0.15, 0.2) is 24.3 Å². The van der Waals surface area contributed by atoms with Gasteiger partial charge in [-0.2, -0.15) is 0 Å². The molecule has 1 unspecified atom stereocenters. The normalized spacial score (nSPS) is 19.3. The van der Waals surface area contributed by atoms with Crippen molar-refractivity contribution in [3.63, 3.8) is 0 Å². The van der Waals surface area contributed by atoms with Crippen LogP contribution in [0.1, 0.15) is 49.1 Å². The first-order chi connectivity index (χ1) is 9.11. The van der Waals surface area contributed by atoms with Gasteiger partial charge in [-0.05, 0) is 56.4 Å². The van der Waals surface area contributed by atoms with Gasteiger partial charge in [-0.3, -0.25) is 4.79 Å². The van der Waals surface area contributed by atoms with E-state index < -0.39 is 5.97 Å². The summed E-state index contributed by atoms with van der Waals surface area (Å²) in [6.45, 7) is 4.22. The molecule has 1 aliphatic heterocycles. The van der Waals surface area contributed by atoms with Crippen molar-refractivity contribution < 1.29 is 9.90 Å². The molecular formula is C16H23NO2. The van der Waals surface area contributed by atoms with Crippen LogP contribution >= 0.6 is 0 Å². The topological polar surface area (TPSA) is 40.5 Å². The van der Waals surface area contributed by atoms with E-state index in [1.54, 1.807) is 0 Å². The second-order valence-electron chi connectivity index (χ2n) is 5.54. The third kappa shape index (κ3) is 3.35. The number of aliphatic carboxylic acids is 1. The maximum atomic E-state index is 11.1. The van der Waals surface area contributed by atoms with Crippen LogP contribution in [0.25, 0.3) is 0 Å². The van der Waals surface area contributed by atoms with Gasteiger partial charge in [0, 0.05) is 0 Å². The summed E-state index contributed by atoms with van der Waals surface area (Å²) in [5.41, 5.74) is 2.28. The first kappa shape index (κ1) is 14.1. The first-order valence-electron chi connectivity index (χ1n) is 7.13. The molecule has 3 heteroatoms. The van der Waals surface area contributed by atoms with Gasteiger partial charge in [-0.1, -0.05) is 31.2 Å². The summed E-state index contributed by atoms with van der Waals surface area (Å²) >= 11 is 0. The van der Waals surface area contributed by atoms with E-state index in [-0.39, 0.29) is 5.92 Å². The summed E-state index contributed by atoms with van der Waals surface area (Å²) in [4.78, 5) is 13.5. The van der Waals surface area contributed by atoms with Crippen LogP contribution in [-0.4, -0.2) is 36.1 Å². The van der Waals surface area contributed by atoms with Gasteiger partial charge in [0.25, 0.3) is 0 Å². The van der Waals surface area contributed by atoms with Crippen LogP contribution in [0.3, 0.4) is 0 Å². The molecule has 2 rings (SSSR count). The molecule has 1 aromatic rings. The summed E-state index contributed by atoms with van der Waals surface area (Å²) in [5.74, 6) is -0.462. The summed E-state index contributed by atoms with van der Waals surface area (Å²) < 4.78 is 0. The van der Waals surface area contributed by atoms with E-state index in [9.17, 15) is 4.79 Å². The molecule has 1 saturated heterocycles. The average Bonchev–Trinajstić information content (AvgIpc) is 2.41. The predicted molar refractivity (Wildman–Crippen MR) is 76.6 cm³/mol. The van der Waals surface area contributed by atoms with E-state index in [0.29, 0.717) is 12.3 Å². The molecule has 0 saturated carbocycles. The van der Waals surface area contributed by atoms with Crippen molar-refractivity contribution in [1.82, 2.24) is 4.90 Å². The van der Waals surface area contributed by atoms with Gasteiger partial charge in [0.15, 0.2) is 0 Å². The lowest BCUT2D eigenvalue weighted by Gasteiger charge is -2.29. The Balaban J connectivity index is 2.08. The molecule has 1 heterocycles. The summed E-state index contributed by atoms with van der Waals surface area (Å²) in [6, 6.07) is 8.24. The second kappa shape index (κ2) is 6.20. The van der Waals surface area contributed by atoms with Crippen molar-refractivity contribution in [3.05, 3.63) is 35.4 Å². The standard InChI is InChI=1S/C16H23NO2/c1-3-15(16(18)19)14-6-4-12(5-7-14)13-8-10-17(2)11-9-13/h4-7,13,15H,3,8-11H2,1-2H3,(H,18,19). The average molecular weight is 261 g/mol. The van der Waals surface area contributed by atoms with Crippen molar-refractivity contribution in [2.45, 2.75) is 38.0 Å². The van der Waals surface area contributed by atoms with Crippen LogP contribution in [0.5, 0.6) is 0 Å². The molecule has 0 amide bonds. The molecule has 0 aliphatic carbocycles. The van der Waals surface area contributed by atoms with Gasteiger partial charge < -0.3 is 10.0 Å². The van der Waals surface area contributed by atoms with E-state index in [2.05, 4.69) is 24.1 Å². The smallest absolute Gasteiger partial charge is 0.310 e. The second-order valence-corrected chi connectivity index (χ2v) is 5.54. The van der Waals surface area contributed by atoms with E-state index >= 15 is 0 Å². The molecule has 104 valence electrons. The van der Waals surface area contributed by atoms with Gasteiger partial charge in [0.1, 0.15) is 0 Å². The van der Waals surface area contributed by atoms with Crippen LogP contribution in [0, 0.1) is 0 Å². The monoisotopic (exact) mass is 261 g/mol. The molecule has 1 N–H and O–H groups in total. The van der Waals surface area contributed by atoms with E-state index in [4.69, 9.17) is 5.11 Å². The maximum absolute atomic E-state index is 11.1. The maximum Gasteiger partial charge on any atom is 0.310 e. The predicted octanol–water partition coefficient (Wildman–Crippen LogP) is 3.07. The Labute approximate surface area is 115 Å². The highest BCUT2D eigenvalue weighted by Gasteiger charge is 2.20. The third-order valence-electron chi connectivity index (χ3n) is 4.24. The lowest BCUT2D eigenvalue weighted by atomic mass is 9.87. The Hall–Kier alpha value is -1.35. The zero-order valence-electron chi connectivity index (χ0n) is 11.8. The molecule has 19 heavy (non-hydrogen) atoms. The molecule has 1 fully saturated rings. The highest BCUT2D eigenvalue weighted by molar-refractivity contribution is 5.75. The molecule has 1 aromatic carbocycles. The van der Waals surface area contributed by atoms with Crippen molar-refractivity contribution in [1.29, 1.82) is 0 Å². The van der Waals surface area contributed by atoms with Gasteiger partial charge >= 0.3 is 5.97 Å². The van der Waals surface area contributed by atoms with E-state index in [1.165, 1.54) is 18.4 Å². The minimum Gasteiger partial charge on any atom is -0.481 e. The Morgan fingerprint density at radius 3 is 2.37 bits per heavy atom. The van der Waals surface area contributed by atoms with Crippen molar-refractivity contribution in [3.8, 4) is 0 Å². The third-order valence-corrected chi connectivity index (χ3v) is 4.24. The number of benzene rings is 1. The molecule has 1 atom stereocenters. The highest BCUT2D eigenvalue weighted by Crippen LogP contribution is 2.29. The van der Waals surface area contributed by atoms with Gasteiger partial charge in [0.2, 0.25) is 0 Å². The largest absolute Gasteiger partial charge is 0.481 e. The zero-order valence-corrected chi connectivity index (χ0v) is 11.8. The Bertz CT molecular complexity index is 419. The van der Waals surface area contributed by atoms with E-state index in [0.717, 1.165) is 18.7 Å². The molecule has 0 bridgehead atoms. The number of carboxylic acids is 1. The summed E-state index contributed by atoms with van der Waals surface area (Å²) in [6.07, 6.45) is 3.04. The Morgan fingerprint density at radius 2 is 1.89 bits per heavy atom. The highest BCUT2D eigenvalue weighted by atomic mass is 16.4. The SMILES string of the molecule is CCC(C(=O)O)c1ccc(C2CCN(C)CC2)cc1. The number of piperidine rings is 1. The molecule has 1 aliphatic rings. The zero-order chi connectivity index (χ0) is 13.8. The Morgan fingerprint density at radius 1 is 1.32 bits per heavy atom. The van der Waals surface area contributed by atoms with Crippen LogP contribution in [0.2, 0.25) is 0 Å². The van der Waals surface area contributed by atoms with Crippen molar-refractivity contribution in [2.24, 2.45) is 0 Å². The fourth-order valence-corrected chi connectivity index (χ4v) is 2.90. The minimum atomic E-state index is -0.727. The number of hydrogen-bond acceptors (Lipinski definition) is 2. The molecule has 3 nitrogen and oxygen atoms in total. The number of nitrogens with zero attached hydrogens (tertiary/aromatic N) is 1. The lowest BCUT2D eigenvalue weighted by molar-refractivity contribution is -0.138. The minimum absolute atomic E-state index is 0.369. The number of rotatable bonds is 4. The number of carbonyl (C=O) groups is 1. The first-order valence-corrected chi connectivity index (χ1v) is 7.13.